The van der Waals surface area contributed by atoms with Crippen LogP contribution in [0.15, 0.2) is 47.1 Å². The molecule has 6 nitrogen and oxygen atoms in total. The number of ether oxygens (including phenoxy) is 2. The number of thioether (sulfide) groups is 1. The lowest BCUT2D eigenvalue weighted by atomic mass is 10.2. The first kappa shape index (κ1) is 16.2. The SMILES string of the molecule is O=C(CSc1ncnc2ccsc12)NC[C@H]1COc2ccccc2O1. The zero-order chi connectivity index (χ0) is 17.1. The average Bonchev–Trinajstić information content (AvgIpc) is 3.14. The molecule has 0 saturated carbocycles. The topological polar surface area (TPSA) is 73.3 Å². The van der Waals surface area contributed by atoms with E-state index in [1.165, 1.54) is 18.1 Å². The maximum Gasteiger partial charge on any atom is 0.230 e. The number of rotatable bonds is 5. The van der Waals surface area contributed by atoms with Crippen molar-refractivity contribution in [2.75, 3.05) is 18.9 Å². The van der Waals surface area contributed by atoms with Gasteiger partial charge in [-0.2, -0.15) is 0 Å². The molecule has 0 saturated heterocycles. The van der Waals surface area contributed by atoms with Gasteiger partial charge in [-0.3, -0.25) is 4.79 Å². The lowest BCUT2D eigenvalue weighted by Crippen LogP contribution is -2.41. The zero-order valence-electron chi connectivity index (χ0n) is 13.2. The summed E-state index contributed by atoms with van der Waals surface area (Å²) in [5.74, 6) is 1.69. The average molecular weight is 373 g/mol. The van der Waals surface area contributed by atoms with Crippen LogP contribution < -0.4 is 14.8 Å². The predicted octanol–water partition coefficient (Wildman–Crippen LogP) is 2.74. The van der Waals surface area contributed by atoms with Gasteiger partial charge in [-0.15, -0.1) is 11.3 Å². The van der Waals surface area contributed by atoms with E-state index in [2.05, 4.69) is 15.3 Å². The van der Waals surface area contributed by atoms with E-state index in [9.17, 15) is 4.79 Å². The lowest BCUT2D eigenvalue weighted by Gasteiger charge is -2.26. The molecular weight excluding hydrogens is 358 g/mol. The highest BCUT2D eigenvalue weighted by Gasteiger charge is 2.21. The van der Waals surface area contributed by atoms with Crippen LogP contribution in [-0.2, 0) is 4.79 Å². The summed E-state index contributed by atoms with van der Waals surface area (Å²) in [5, 5.41) is 5.70. The molecule has 1 aliphatic rings. The van der Waals surface area contributed by atoms with Crippen molar-refractivity contribution in [1.29, 1.82) is 0 Å². The predicted molar refractivity (Wildman–Crippen MR) is 97.5 cm³/mol. The number of nitrogens with zero attached hydrogens (tertiary/aromatic N) is 2. The summed E-state index contributed by atoms with van der Waals surface area (Å²) in [6.45, 7) is 0.831. The van der Waals surface area contributed by atoms with E-state index in [-0.39, 0.29) is 12.0 Å². The van der Waals surface area contributed by atoms with Crippen LogP contribution in [0.5, 0.6) is 11.5 Å². The maximum atomic E-state index is 12.1. The highest BCUT2D eigenvalue weighted by molar-refractivity contribution is 8.00. The van der Waals surface area contributed by atoms with Crippen molar-refractivity contribution in [2.45, 2.75) is 11.1 Å². The fourth-order valence-electron chi connectivity index (χ4n) is 2.45. The summed E-state index contributed by atoms with van der Waals surface area (Å²) < 4.78 is 12.5. The van der Waals surface area contributed by atoms with Gasteiger partial charge >= 0.3 is 0 Å². The van der Waals surface area contributed by atoms with Crippen molar-refractivity contribution in [3.05, 3.63) is 42.0 Å². The van der Waals surface area contributed by atoms with Gasteiger partial charge < -0.3 is 14.8 Å². The molecule has 0 radical (unpaired) electrons. The number of carbonyl (C=O) groups is 1. The molecule has 1 aliphatic heterocycles. The van der Waals surface area contributed by atoms with Gasteiger partial charge in [0.2, 0.25) is 5.91 Å². The van der Waals surface area contributed by atoms with E-state index < -0.39 is 0 Å². The smallest absolute Gasteiger partial charge is 0.230 e. The summed E-state index contributed by atoms with van der Waals surface area (Å²) in [6.07, 6.45) is 1.34. The molecule has 1 aromatic carbocycles. The van der Waals surface area contributed by atoms with Crippen molar-refractivity contribution in [2.24, 2.45) is 0 Å². The Balaban J connectivity index is 1.28. The number of fused-ring (bicyclic) bond motifs is 2. The van der Waals surface area contributed by atoms with Crippen molar-refractivity contribution in [3.8, 4) is 11.5 Å². The largest absolute Gasteiger partial charge is 0.486 e. The van der Waals surface area contributed by atoms with Crippen molar-refractivity contribution >= 4 is 39.2 Å². The van der Waals surface area contributed by atoms with Crippen LogP contribution in [0.1, 0.15) is 0 Å². The fraction of sp³-hybridized carbons (Fsp3) is 0.235. The Kier molecular flexibility index (Phi) is 4.71. The van der Waals surface area contributed by atoms with Gasteiger partial charge in [-0.25, -0.2) is 9.97 Å². The molecule has 3 heterocycles. The third-order valence-corrected chi connectivity index (χ3v) is 5.67. The number of para-hydroxylation sites is 2. The second-order valence-corrected chi connectivity index (χ2v) is 7.28. The quantitative estimate of drug-likeness (QED) is 0.548. The molecule has 1 amide bonds. The Hall–Kier alpha value is -2.32. The van der Waals surface area contributed by atoms with Crippen LogP contribution in [0.25, 0.3) is 10.2 Å². The summed E-state index contributed by atoms with van der Waals surface area (Å²) >= 11 is 2.99. The molecule has 0 fully saturated rings. The maximum absolute atomic E-state index is 12.1. The van der Waals surface area contributed by atoms with Crippen molar-refractivity contribution < 1.29 is 14.3 Å². The van der Waals surface area contributed by atoms with Gasteiger partial charge in [0, 0.05) is 0 Å². The van der Waals surface area contributed by atoms with E-state index >= 15 is 0 Å². The van der Waals surface area contributed by atoms with Crippen LogP contribution in [0.4, 0.5) is 0 Å². The van der Waals surface area contributed by atoms with E-state index in [0.717, 1.165) is 21.0 Å². The van der Waals surface area contributed by atoms with Gasteiger partial charge in [-0.05, 0) is 23.6 Å². The van der Waals surface area contributed by atoms with Gasteiger partial charge in [0.1, 0.15) is 24.1 Å². The molecule has 2 aromatic heterocycles. The summed E-state index contributed by atoms with van der Waals surface area (Å²) in [5.41, 5.74) is 0.911. The second kappa shape index (κ2) is 7.28. The minimum atomic E-state index is -0.188. The number of thiophene rings is 1. The third kappa shape index (κ3) is 3.69. The van der Waals surface area contributed by atoms with E-state index in [0.29, 0.717) is 24.7 Å². The molecule has 0 spiro atoms. The van der Waals surface area contributed by atoms with Crippen LogP contribution in [-0.4, -0.2) is 40.9 Å². The molecule has 0 bridgehead atoms. The summed E-state index contributed by atoms with van der Waals surface area (Å²) in [7, 11) is 0. The van der Waals surface area contributed by atoms with Crippen LogP contribution >= 0.6 is 23.1 Å². The molecule has 128 valence electrons. The third-order valence-electron chi connectivity index (χ3n) is 3.64. The van der Waals surface area contributed by atoms with Crippen molar-refractivity contribution in [1.82, 2.24) is 15.3 Å². The minimum Gasteiger partial charge on any atom is -0.486 e. The van der Waals surface area contributed by atoms with E-state index in [4.69, 9.17) is 9.47 Å². The van der Waals surface area contributed by atoms with Gasteiger partial charge in [0.25, 0.3) is 0 Å². The highest BCUT2D eigenvalue weighted by atomic mass is 32.2. The number of carbonyl (C=O) groups excluding carboxylic acids is 1. The Morgan fingerprint density at radius 1 is 1.28 bits per heavy atom. The minimum absolute atomic E-state index is 0.0595. The Bertz CT molecular complexity index is 899. The molecule has 1 N–H and O–H groups in total. The second-order valence-electron chi connectivity index (χ2n) is 5.40. The van der Waals surface area contributed by atoms with E-state index in [1.807, 2.05) is 35.7 Å². The first-order valence-electron chi connectivity index (χ1n) is 7.76. The Morgan fingerprint density at radius 3 is 3.08 bits per heavy atom. The number of hydrogen-bond acceptors (Lipinski definition) is 7. The normalized spacial score (nSPS) is 15.9. The Labute approximate surface area is 152 Å². The van der Waals surface area contributed by atoms with Gasteiger partial charge in [0.05, 0.1) is 22.5 Å². The molecule has 8 heteroatoms. The monoisotopic (exact) mass is 373 g/mol. The fourth-order valence-corrected chi connectivity index (χ4v) is 4.22. The zero-order valence-corrected chi connectivity index (χ0v) is 14.8. The number of nitrogens with one attached hydrogen (secondary N) is 1. The molecule has 4 rings (SSSR count). The number of amides is 1. The van der Waals surface area contributed by atoms with Crippen LogP contribution in [0.3, 0.4) is 0 Å². The number of hydrogen-bond donors (Lipinski definition) is 1. The van der Waals surface area contributed by atoms with Crippen LogP contribution in [0, 0.1) is 0 Å². The molecule has 1 atom stereocenters. The van der Waals surface area contributed by atoms with Gasteiger partial charge in [-0.1, -0.05) is 23.9 Å². The van der Waals surface area contributed by atoms with Gasteiger partial charge in [0.15, 0.2) is 11.5 Å². The lowest BCUT2D eigenvalue weighted by molar-refractivity contribution is -0.119. The summed E-state index contributed by atoms with van der Waals surface area (Å²) in [4.78, 5) is 20.6. The first-order chi connectivity index (χ1) is 12.3. The molecule has 0 unspecified atom stereocenters. The molecular formula is C17H15N3O3S2. The number of aromatic nitrogens is 2. The standard InChI is InChI=1S/C17H15N3O3S2/c21-15(9-25-17-16-12(5-6-24-16)19-10-20-17)18-7-11-8-22-13-3-1-2-4-14(13)23-11/h1-6,10-11H,7-9H2,(H,18,21)/t11-/m0/s1. The molecule has 25 heavy (non-hydrogen) atoms. The Morgan fingerprint density at radius 2 is 2.16 bits per heavy atom. The van der Waals surface area contributed by atoms with Crippen molar-refractivity contribution in [3.63, 3.8) is 0 Å². The van der Waals surface area contributed by atoms with Crippen LogP contribution in [0.2, 0.25) is 0 Å². The molecule has 3 aromatic rings. The number of benzene rings is 1. The highest BCUT2D eigenvalue weighted by Crippen LogP contribution is 2.31. The summed E-state index contributed by atoms with van der Waals surface area (Å²) in [6, 6.07) is 9.48. The first-order valence-corrected chi connectivity index (χ1v) is 9.62. The van der Waals surface area contributed by atoms with E-state index in [1.54, 1.807) is 11.3 Å². The molecule has 0 aliphatic carbocycles.